The van der Waals surface area contributed by atoms with Crippen LogP contribution in [0, 0.1) is 5.82 Å². The number of thiazole rings is 1. The maximum atomic E-state index is 13.3. The van der Waals surface area contributed by atoms with Crippen LogP contribution in [0.1, 0.15) is 17.4 Å². The van der Waals surface area contributed by atoms with E-state index in [-0.39, 0.29) is 62.0 Å². The lowest BCUT2D eigenvalue weighted by atomic mass is 10.1. The van der Waals surface area contributed by atoms with Crippen molar-refractivity contribution < 1.29 is 37.1 Å². The Balaban J connectivity index is 1.52. The number of hydrogen-bond donors (Lipinski definition) is 4. The predicted octanol–water partition coefficient (Wildman–Crippen LogP) is 3.86. The summed E-state index contributed by atoms with van der Waals surface area (Å²) in [4.78, 5) is 19.4. The van der Waals surface area contributed by atoms with Crippen LogP contribution in [0.3, 0.4) is 0 Å². The Morgan fingerprint density at radius 3 is 2.62 bits per heavy atom. The lowest BCUT2D eigenvalue weighted by Gasteiger charge is -2.12. The molecule has 4 N–H and O–H groups in total. The van der Waals surface area contributed by atoms with Crippen LogP contribution in [0.15, 0.2) is 48.8 Å². The molecule has 0 atom stereocenters. The van der Waals surface area contributed by atoms with Crippen LogP contribution in [0.2, 0.25) is 0 Å². The smallest absolute Gasteiger partial charge is 0.309 e. The summed E-state index contributed by atoms with van der Waals surface area (Å²) in [5.41, 5.74) is 0.664. The molecule has 0 aliphatic rings. The minimum atomic E-state index is -4.29. The van der Waals surface area contributed by atoms with Crippen molar-refractivity contribution in [1.82, 2.24) is 14.5 Å². The number of phenols is 1. The Morgan fingerprint density at radius 1 is 1.15 bits per heavy atom. The highest BCUT2D eigenvalue weighted by Gasteiger charge is 2.26. The molecule has 1 amide bonds. The number of pyridine rings is 1. The first-order valence-corrected chi connectivity index (χ1v) is 13.9. The quantitative estimate of drug-likeness (QED) is 0.202. The third kappa shape index (κ3) is 5.28. The van der Waals surface area contributed by atoms with Crippen molar-refractivity contribution in [2.24, 2.45) is 0 Å². The topological polar surface area (TPSA) is 164 Å². The maximum Gasteiger partial charge on any atom is 0.309 e. The van der Waals surface area contributed by atoms with Gasteiger partial charge in [-0.3, -0.25) is 9.78 Å². The second-order valence-electron chi connectivity index (χ2n) is 8.62. The molecule has 0 spiro atoms. The predicted molar refractivity (Wildman–Crippen MR) is 142 cm³/mol. The van der Waals surface area contributed by atoms with Gasteiger partial charge in [-0.2, -0.15) is 13.4 Å². The summed E-state index contributed by atoms with van der Waals surface area (Å²) in [5.74, 6) is -2.63. The molecule has 0 bridgehead atoms. The van der Waals surface area contributed by atoms with Crippen LogP contribution in [0.4, 0.5) is 9.52 Å². The van der Waals surface area contributed by atoms with Gasteiger partial charge in [-0.25, -0.2) is 4.39 Å². The summed E-state index contributed by atoms with van der Waals surface area (Å²) >= 11 is 0.933. The Kier molecular flexibility index (Phi) is 6.74. The first-order chi connectivity index (χ1) is 18.5. The van der Waals surface area contributed by atoms with Gasteiger partial charge in [0.15, 0.2) is 16.6 Å². The van der Waals surface area contributed by atoms with E-state index < -0.39 is 33.5 Å². The number of carbonyl (C=O) groups is 1. The highest BCUT2D eigenvalue weighted by Crippen LogP contribution is 2.46. The average Bonchev–Trinajstić information content (AvgIpc) is 3.40. The zero-order chi connectivity index (χ0) is 27.9. The van der Waals surface area contributed by atoms with Gasteiger partial charge in [-0.05, 0) is 29.8 Å². The number of nitrogens with zero attached hydrogens (tertiary/aromatic N) is 3. The molecule has 5 aromatic rings. The van der Waals surface area contributed by atoms with Crippen LogP contribution >= 0.6 is 11.3 Å². The van der Waals surface area contributed by atoms with Crippen molar-refractivity contribution in [2.75, 3.05) is 11.1 Å². The summed E-state index contributed by atoms with van der Waals surface area (Å²) in [7, 11) is -4.29. The zero-order valence-corrected chi connectivity index (χ0v) is 21.9. The average molecular weight is 573 g/mol. The molecule has 0 unspecified atom stereocenters. The number of phenolic OH excluding ortho intramolecular Hbond substituents is 1. The van der Waals surface area contributed by atoms with Gasteiger partial charge in [0.25, 0.3) is 0 Å². The molecule has 0 aliphatic heterocycles. The lowest BCUT2D eigenvalue weighted by Crippen LogP contribution is -2.15. The number of hydrogen-bond acceptors (Lipinski definition) is 10. The van der Waals surface area contributed by atoms with Crippen molar-refractivity contribution in [2.45, 2.75) is 19.9 Å². The number of halogens is 1. The van der Waals surface area contributed by atoms with Crippen LogP contribution in [0.5, 0.6) is 23.3 Å². The van der Waals surface area contributed by atoms with Gasteiger partial charge in [0.2, 0.25) is 17.7 Å². The van der Waals surface area contributed by atoms with Gasteiger partial charge in [0.1, 0.15) is 11.3 Å². The number of benzene rings is 2. The van der Waals surface area contributed by atoms with Crippen LogP contribution in [0.25, 0.3) is 21.7 Å². The van der Waals surface area contributed by atoms with E-state index in [0.29, 0.717) is 5.56 Å². The van der Waals surface area contributed by atoms with E-state index in [2.05, 4.69) is 15.3 Å². The van der Waals surface area contributed by atoms with Crippen LogP contribution < -0.4 is 9.50 Å². The van der Waals surface area contributed by atoms with E-state index in [1.165, 1.54) is 54.2 Å². The highest BCUT2D eigenvalue weighted by molar-refractivity contribution is 7.87. The molecule has 3 aromatic heterocycles. The Labute approximate surface area is 224 Å². The van der Waals surface area contributed by atoms with E-state index in [1.807, 2.05) is 0 Å². The minimum absolute atomic E-state index is 0.0186. The molecule has 0 radical (unpaired) electrons. The Morgan fingerprint density at radius 2 is 1.90 bits per heavy atom. The van der Waals surface area contributed by atoms with Crippen molar-refractivity contribution >= 4 is 54.2 Å². The molecule has 0 saturated carbocycles. The molecule has 14 heteroatoms. The number of fused-ring (bicyclic) bond motifs is 2. The molecule has 39 heavy (non-hydrogen) atoms. The summed E-state index contributed by atoms with van der Waals surface area (Å²) in [6.07, 6.45) is 2.68. The van der Waals surface area contributed by atoms with Crippen LogP contribution in [-0.2, 0) is 27.9 Å². The zero-order valence-electron chi connectivity index (χ0n) is 20.3. The molecule has 0 aliphatic carbocycles. The molecule has 0 fully saturated rings. The van der Waals surface area contributed by atoms with Gasteiger partial charge in [-0.15, -0.1) is 0 Å². The summed E-state index contributed by atoms with van der Waals surface area (Å²) in [6, 6.07) is 8.67. The van der Waals surface area contributed by atoms with E-state index in [0.717, 1.165) is 11.3 Å². The number of nitrogens with one attached hydrogen (secondary N) is 1. The summed E-state index contributed by atoms with van der Waals surface area (Å²) < 4.78 is 46.4. The highest BCUT2D eigenvalue weighted by atomic mass is 32.2. The van der Waals surface area contributed by atoms with E-state index in [9.17, 15) is 32.9 Å². The van der Waals surface area contributed by atoms with Crippen LogP contribution in [-0.4, -0.2) is 49.9 Å². The number of carbonyl (C=O) groups excluding carboxylic acids is 1. The van der Waals surface area contributed by atoms with Crippen molar-refractivity contribution in [3.63, 3.8) is 0 Å². The second-order valence-corrected chi connectivity index (χ2v) is 11.4. The molecule has 5 rings (SSSR count). The number of amides is 1. The van der Waals surface area contributed by atoms with Gasteiger partial charge in [0, 0.05) is 31.1 Å². The largest absolute Gasteiger partial charge is 0.505 e. The molecular weight excluding hydrogens is 551 g/mol. The van der Waals surface area contributed by atoms with Crippen molar-refractivity contribution in [3.05, 3.63) is 65.0 Å². The minimum Gasteiger partial charge on any atom is -0.505 e. The van der Waals surface area contributed by atoms with Crippen molar-refractivity contribution in [1.29, 1.82) is 0 Å². The molecule has 3 heterocycles. The maximum absolute atomic E-state index is 13.3. The number of rotatable bonds is 8. The standard InChI is InChI=1S/C25H21FN4O7S2/c1-13(31)28-25-29-23(33)18(38-25)8-10-39(35,36)37-22-16-3-2-9-27-20(16)21(32)19-17(22)12-30(24(19)34)11-14-4-6-15(26)7-5-14/h2-7,9,12,32-34H,8,10-11H2,1H3,(H,28,29,31). The normalized spacial score (nSPS) is 11.7. The number of aromatic nitrogens is 3. The number of aryl methyl sites for hydroxylation is 1. The Hall–Kier alpha value is -4.43. The van der Waals surface area contributed by atoms with Crippen molar-refractivity contribution in [3.8, 4) is 23.3 Å². The molecule has 0 saturated heterocycles. The Bertz CT molecular complexity index is 1830. The van der Waals surface area contributed by atoms with E-state index >= 15 is 0 Å². The fraction of sp³-hybridized carbons (Fsp3) is 0.160. The van der Waals surface area contributed by atoms with Gasteiger partial charge in [0.05, 0.1) is 27.9 Å². The lowest BCUT2D eigenvalue weighted by molar-refractivity contribution is -0.114. The monoisotopic (exact) mass is 572 g/mol. The first kappa shape index (κ1) is 26.2. The molecular formula is C25H21FN4O7S2. The van der Waals surface area contributed by atoms with E-state index in [1.54, 1.807) is 6.07 Å². The fourth-order valence-corrected chi connectivity index (χ4v) is 6.09. The van der Waals surface area contributed by atoms with Gasteiger partial charge in [-0.1, -0.05) is 23.5 Å². The molecule has 11 nitrogen and oxygen atoms in total. The second kappa shape index (κ2) is 10.0. The first-order valence-electron chi connectivity index (χ1n) is 11.5. The summed E-state index contributed by atoms with van der Waals surface area (Å²) in [6.45, 7) is 1.37. The van der Waals surface area contributed by atoms with Gasteiger partial charge >= 0.3 is 10.1 Å². The van der Waals surface area contributed by atoms with Gasteiger partial charge < -0.3 is 29.4 Å². The third-order valence-electron chi connectivity index (χ3n) is 5.82. The SMILES string of the molecule is CC(=O)Nc1nc(O)c(CCS(=O)(=O)Oc2c3cccnc3c(O)c3c(O)n(Cc4ccc(F)cc4)cc23)s1. The summed E-state index contributed by atoms with van der Waals surface area (Å²) in [5, 5.41) is 34.7. The third-order valence-corrected chi connectivity index (χ3v) is 7.97. The molecule has 202 valence electrons. The number of anilines is 1. The fourth-order valence-electron chi connectivity index (χ4n) is 4.09. The number of aromatic hydroxyl groups is 3. The van der Waals surface area contributed by atoms with E-state index in [4.69, 9.17) is 4.18 Å². The molecule has 2 aromatic carbocycles.